The normalized spacial score (nSPS) is 30.4. The molecule has 0 spiro atoms. The van der Waals surface area contributed by atoms with Crippen molar-refractivity contribution in [2.45, 2.75) is 116 Å². The van der Waals surface area contributed by atoms with Crippen LogP contribution in [-0.2, 0) is 0 Å². The quantitative estimate of drug-likeness (QED) is 0.251. The van der Waals surface area contributed by atoms with E-state index in [2.05, 4.69) is 48.1 Å². The van der Waals surface area contributed by atoms with Crippen LogP contribution in [0.15, 0.2) is 12.2 Å². The predicted molar refractivity (Wildman–Crippen MR) is 116 cm³/mol. The summed E-state index contributed by atoms with van der Waals surface area (Å²) in [6.07, 6.45) is 10.5. The SMILES string of the molecule is C=C(C)[C@@H]1C[C@@H]([Sn]([CH2]CCC)([CH2]CCC)[CH2]CCC)[C@@H](C)[C@@](C)(O)C1. The molecule has 1 N–H and O–H groups in total. The van der Waals surface area contributed by atoms with Crippen molar-refractivity contribution in [3.05, 3.63) is 12.2 Å². The van der Waals surface area contributed by atoms with Crippen molar-refractivity contribution in [2.75, 3.05) is 0 Å². The Kier molecular flexibility index (Phi) is 10.1. The minimum atomic E-state index is -2.33. The van der Waals surface area contributed by atoms with Crippen LogP contribution < -0.4 is 0 Å². The second-order valence-electron chi connectivity index (χ2n) is 9.41. The number of hydrogen-bond acceptors (Lipinski definition) is 1. The van der Waals surface area contributed by atoms with Gasteiger partial charge >= 0.3 is 163 Å². The third-order valence-electron chi connectivity index (χ3n) is 7.35. The van der Waals surface area contributed by atoms with Gasteiger partial charge in [0, 0.05) is 0 Å². The van der Waals surface area contributed by atoms with E-state index in [-0.39, 0.29) is 0 Å². The van der Waals surface area contributed by atoms with E-state index in [4.69, 9.17) is 0 Å². The van der Waals surface area contributed by atoms with Crippen LogP contribution in [0.25, 0.3) is 0 Å². The second kappa shape index (κ2) is 10.7. The number of aliphatic hydroxyl groups is 1. The van der Waals surface area contributed by atoms with Gasteiger partial charge in [-0.05, 0) is 0 Å². The van der Waals surface area contributed by atoms with E-state index in [0.717, 1.165) is 10.4 Å². The van der Waals surface area contributed by atoms with Crippen LogP contribution in [-0.4, -0.2) is 29.1 Å². The average molecular weight is 457 g/mol. The minimum absolute atomic E-state index is 0.476. The maximum absolute atomic E-state index is 11.3. The third-order valence-corrected chi connectivity index (χ3v) is 25.5. The molecule has 1 fully saturated rings. The van der Waals surface area contributed by atoms with Crippen LogP contribution in [0.3, 0.4) is 0 Å². The van der Waals surface area contributed by atoms with E-state index in [1.165, 1.54) is 50.5 Å². The molecular weight excluding hydrogens is 411 g/mol. The van der Waals surface area contributed by atoms with Crippen molar-refractivity contribution in [2.24, 2.45) is 11.8 Å². The van der Waals surface area contributed by atoms with Crippen molar-refractivity contribution >= 4 is 18.4 Å². The van der Waals surface area contributed by atoms with Gasteiger partial charge in [-0.15, -0.1) is 0 Å². The fourth-order valence-corrected chi connectivity index (χ4v) is 26.0. The predicted octanol–water partition coefficient (Wildman–Crippen LogP) is 7.58. The van der Waals surface area contributed by atoms with E-state index in [0.29, 0.717) is 11.8 Å². The van der Waals surface area contributed by atoms with Crippen molar-refractivity contribution in [3.63, 3.8) is 0 Å². The summed E-state index contributed by atoms with van der Waals surface area (Å²) in [4.78, 5) is 0. The summed E-state index contributed by atoms with van der Waals surface area (Å²) in [6.45, 7) is 18.0. The third kappa shape index (κ3) is 6.26. The van der Waals surface area contributed by atoms with Gasteiger partial charge in [-0.2, -0.15) is 0 Å². The number of unbranched alkanes of at least 4 members (excludes halogenated alkanes) is 3. The van der Waals surface area contributed by atoms with Crippen molar-refractivity contribution < 1.29 is 5.11 Å². The molecule has 0 unspecified atom stereocenters. The van der Waals surface area contributed by atoms with Crippen LogP contribution >= 0.6 is 0 Å². The Bertz CT molecular complexity index is 379. The Morgan fingerprint density at radius 3 is 1.84 bits per heavy atom. The monoisotopic (exact) mass is 458 g/mol. The summed E-state index contributed by atoms with van der Waals surface area (Å²) in [5, 5.41) is 11.3. The molecule has 25 heavy (non-hydrogen) atoms. The summed E-state index contributed by atoms with van der Waals surface area (Å²) in [5.41, 5.74) is 0.804. The molecule has 1 rings (SSSR count). The molecule has 148 valence electrons. The van der Waals surface area contributed by atoms with Gasteiger partial charge in [0.25, 0.3) is 0 Å². The summed E-state index contributed by atoms with van der Waals surface area (Å²) in [6, 6.07) is 0. The Hall–Kier alpha value is 0.499. The molecule has 0 aromatic carbocycles. The molecule has 0 aromatic heterocycles. The van der Waals surface area contributed by atoms with Gasteiger partial charge < -0.3 is 0 Å². The molecule has 0 radical (unpaired) electrons. The van der Waals surface area contributed by atoms with Gasteiger partial charge in [0.1, 0.15) is 0 Å². The van der Waals surface area contributed by atoms with Gasteiger partial charge in [-0.25, -0.2) is 0 Å². The fourth-order valence-electron chi connectivity index (χ4n) is 5.39. The molecule has 0 aliphatic heterocycles. The first-order chi connectivity index (χ1) is 11.7. The standard InChI is InChI=1S/C11H19O.3C4H9.Sn/c1-8(2)10-6-5-9(3)11(4,12)7-10;3*1-3-4-2;/h5,9-10,12H,1,6-7H2,2-4H3;3*1,3-4H2,2H3;/t9-,10-,11+;;;;/m1..../s1. The zero-order valence-electron chi connectivity index (χ0n) is 18.2. The van der Waals surface area contributed by atoms with Crippen molar-refractivity contribution in [1.29, 1.82) is 0 Å². The molecule has 1 nitrogen and oxygen atoms in total. The zero-order valence-corrected chi connectivity index (χ0v) is 21.0. The molecule has 0 amide bonds. The number of rotatable bonds is 11. The Morgan fingerprint density at radius 2 is 1.48 bits per heavy atom. The van der Waals surface area contributed by atoms with Gasteiger partial charge in [-0.1, -0.05) is 0 Å². The molecule has 0 heterocycles. The molecule has 2 heteroatoms. The average Bonchev–Trinajstić information content (AvgIpc) is 2.57. The van der Waals surface area contributed by atoms with Gasteiger partial charge in [0.2, 0.25) is 0 Å². The first kappa shape index (κ1) is 23.5. The van der Waals surface area contributed by atoms with Gasteiger partial charge in [-0.3, -0.25) is 0 Å². The first-order valence-electron chi connectivity index (χ1n) is 11.1. The molecule has 4 atom stereocenters. The Morgan fingerprint density at radius 1 is 1.04 bits per heavy atom. The Balaban J connectivity index is 3.22. The summed E-state index contributed by atoms with van der Waals surface area (Å²) in [5.74, 6) is 1.02. The molecule has 0 saturated heterocycles. The van der Waals surface area contributed by atoms with Crippen LogP contribution in [0.2, 0.25) is 17.2 Å². The van der Waals surface area contributed by atoms with Crippen molar-refractivity contribution in [1.82, 2.24) is 0 Å². The molecule has 1 aliphatic carbocycles. The Labute approximate surface area is 162 Å². The van der Waals surface area contributed by atoms with Crippen LogP contribution in [0, 0.1) is 11.8 Å². The van der Waals surface area contributed by atoms with E-state index in [1.807, 2.05) is 0 Å². The summed E-state index contributed by atoms with van der Waals surface area (Å²) < 4.78 is 5.50. The van der Waals surface area contributed by atoms with Crippen LogP contribution in [0.5, 0.6) is 0 Å². The topological polar surface area (TPSA) is 20.2 Å². The number of allylic oxidation sites excluding steroid dienone is 1. The fraction of sp³-hybridized carbons (Fsp3) is 0.913. The van der Waals surface area contributed by atoms with Gasteiger partial charge in [0.15, 0.2) is 0 Å². The number of hydrogen-bond donors (Lipinski definition) is 1. The molecule has 0 aromatic rings. The molecule has 1 aliphatic rings. The van der Waals surface area contributed by atoms with Crippen LogP contribution in [0.4, 0.5) is 0 Å². The van der Waals surface area contributed by atoms with E-state index >= 15 is 0 Å². The van der Waals surface area contributed by atoms with Crippen LogP contribution in [0.1, 0.15) is 92.9 Å². The van der Waals surface area contributed by atoms with E-state index < -0.39 is 24.0 Å². The second-order valence-corrected chi connectivity index (χ2v) is 23.6. The molecule has 1 saturated carbocycles. The molecule has 0 bridgehead atoms. The van der Waals surface area contributed by atoms with Gasteiger partial charge in [0.05, 0.1) is 0 Å². The van der Waals surface area contributed by atoms with E-state index in [9.17, 15) is 5.11 Å². The summed E-state index contributed by atoms with van der Waals surface area (Å²) in [7, 11) is 0. The summed E-state index contributed by atoms with van der Waals surface area (Å²) >= 11 is -2.33. The van der Waals surface area contributed by atoms with E-state index in [1.54, 1.807) is 13.3 Å². The first-order valence-corrected chi connectivity index (χ1v) is 18.8. The zero-order chi connectivity index (χ0) is 19.1. The molecular formula is C23H46OSn. The maximum atomic E-state index is 11.3. The van der Waals surface area contributed by atoms with Crippen molar-refractivity contribution in [3.8, 4) is 0 Å².